The fourth-order valence-electron chi connectivity index (χ4n) is 2.43. The van der Waals surface area contributed by atoms with E-state index >= 15 is 0 Å². The molecule has 4 nitrogen and oxygen atoms in total. The van der Waals surface area contributed by atoms with E-state index < -0.39 is 0 Å². The van der Waals surface area contributed by atoms with Crippen molar-refractivity contribution in [3.63, 3.8) is 0 Å². The van der Waals surface area contributed by atoms with Crippen molar-refractivity contribution in [3.8, 4) is 0 Å². The van der Waals surface area contributed by atoms with Crippen molar-refractivity contribution in [2.75, 3.05) is 0 Å². The number of hydrogen-bond donors (Lipinski definition) is 1. The molecule has 1 aliphatic rings. The molecule has 0 radical (unpaired) electrons. The minimum atomic E-state index is -0.313. The molecule has 4 heteroatoms. The van der Waals surface area contributed by atoms with Crippen molar-refractivity contribution >= 4 is 0 Å². The molecule has 1 aliphatic carbocycles. The van der Waals surface area contributed by atoms with Crippen molar-refractivity contribution in [2.45, 2.75) is 45.3 Å². The average Bonchev–Trinajstić information content (AvgIpc) is 2.23. The van der Waals surface area contributed by atoms with Gasteiger partial charge in [-0.3, -0.25) is 4.79 Å². The Morgan fingerprint density at radius 2 is 2.31 bits per heavy atom. The van der Waals surface area contributed by atoms with Gasteiger partial charge in [0.2, 0.25) is 0 Å². The lowest BCUT2D eigenvalue weighted by atomic mass is 9.72. The second-order valence-electron chi connectivity index (χ2n) is 5.24. The lowest BCUT2D eigenvalue weighted by Gasteiger charge is -2.40. The predicted molar refractivity (Wildman–Crippen MR) is 61.2 cm³/mol. The lowest BCUT2D eigenvalue weighted by molar-refractivity contribution is 0.0271. The molecule has 88 valence electrons. The van der Waals surface area contributed by atoms with E-state index in [-0.39, 0.29) is 23.1 Å². The average molecular weight is 222 g/mol. The SMILES string of the molecule is CC1(C)CCC(O)CC1n1ncccc1=O. The van der Waals surface area contributed by atoms with Crippen molar-refractivity contribution < 1.29 is 5.11 Å². The van der Waals surface area contributed by atoms with Crippen LogP contribution < -0.4 is 5.56 Å². The molecule has 0 bridgehead atoms. The van der Waals surface area contributed by atoms with Gasteiger partial charge in [0.05, 0.1) is 12.1 Å². The summed E-state index contributed by atoms with van der Waals surface area (Å²) in [5.74, 6) is 0. The first-order chi connectivity index (χ1) is 7.50. The number of rotatable bonds is 1. The normalized spacial score (nSPS) is 28.9. The quantitative estimate of drug-likeness (QED) is 0.780. The van der Waals surface area contributed by atoms with Crippen LogP contribution in [0, 0.1) is 5.41 Å². The van der Waals surface area contributed by atoms with Crippen LogP contribution in [0.3, 0.4) is 0 Å². The maximum atomic E-state index is 11.7. The largest absolute Gasteiger partial charge is 0.393 e. The predicted octanol–water partition coefficient (Wildman–Crippen LogP) is 1.36. The van der Waals surface area contributed by atoms with Gasteiger partial charge < -0.3 is 5.11 Å². The van der Waals surface area contributed by atoms with Crippen LogP contribution in [-0.4, -0.2) is 21.0 Å². The van der Waals surface area contributed by atoms with Crippen LogP contribution >= 0.6 is 0 Å². The highest BCUT2D eigenvalue weighted by atomic mass is 16.3. The third-order valence-corrected chi connectivity index (χ3v) is 3.56. The zero-order chi connectivity index (χ0) is 11.8. The van der Waals surface area contributed by atoms with Gasteiger partial charge in [-0.2, -0.15) is 5.10 Å². The van der Waals surface area contributed by atoms with Gasteiger partial charge >= 0.3 is 0 Å². The van der Waals surface area contributed by atoms with Gasteiger partial charge in [0.25, 0.3) is 5.56 Å². The summed E-state index contributed by atoms with van der Waals surface area (Å²) in [6.07, 6.45) is 3.65. The summed E-state index contributed by atoms with van der Waals surface area (Å²) in [4.78, 5) is 11.7. The number of aliphatic hydroxyl groups is 1. The van der Waals surface area contributed by atoms with Crippen molar-refractivity contribution in [1.29, 1.82) is 0 Å². The Hall–Kier alpha value is -1.16. The Bertz CT molecular complexity index is 425. The van der Waals surface area contributed by atoms with Gasteiger partial charge in [0, 0.05) is 12.3 Å². The summed E-state index contributed by atoms with van der Waals surface area (Å²) in [7, 11) is 0. The molecule has 1 N–H and O–H groups in total. The van der Waals surface area contributed by atoms with Gasteiger partial charge in [0.1, 0.15) is 0 Å². The molecule has 1 aromatic rings. The molecule has 0 spiro atoms. The monoisotopic (exact) mass is 222 g/mol. The molecule has 1 aromatic heterocycles. The van der Waals surface area contributed by atoms with E-state index in [2.05, 4.69) is 18.9 Å². The second-order valence-corrected chi connectivity index (χ2v) is 5.24. The van der Waals surface area contributed by atoms with Gasteiger partial charge in [-0.1, -0.05) is 13.8 Å². The van der Waals surface area contributed by atoms with Crippen LogP contribution in [-0.2, 0) is 0 Å². The Labute approximate surface area is 94.9 Å². The fraction of sp³-hybridized carbons (Fsp3) is 0.667. The molecule has 0 aromatic carbocycles. The summed E-state index contributed by atoms with van der Waals surface area (Å²) in [5, 5.41) is 13.8. The van der Waals surface area contributed by atoms with Crippen LogP contribution in [0.4, 0.5) is 0 Å². The minimum absolute atomic E-state index is 0.00931. The number of aliphatic hydroxyl groups excluding tert-OH is 1. The van der Waals surface area contributed by atoms with Crippen LogP contribution in [0.1, 0.15) is 39.2 Å². The minimum Gasteiger partial charge on any atom is -0.393 e. The van der Waals surface area contributed by atoms with Gasteiger partial charge in [-0.15, -0.1) is 0 Å². The molecule has 2 rings (SSSR count). The standard InChI is InChI=1S/C12H18N2O2/c1-12(2)6-5-9(15)8-10(12)14-11(16)4-3-7-13-14/h3-4,7,9-10,15H,5-6,8H2,1-2H3. The van der Waals surface area contributed by atoms with E-state index in [1.165, 1.54) is 10.7 Å². The highest BCUT2D eigenvalue weighted by molar-refractivity contribution is 4.94. The van der Waals surface area contributed by atoms with E-state index in [4.69, 9.17) is 0 Å². The first-order valence-electron chi connectivity index (χ1n) is 5.72. The zero-order valence-corrected chi connectivity index (χ0v) is 9.76. The molecule has 0 saturated heterocycles. The summed E-state index contributed by atoms with van der Waals surface area (Å²) in [6, 6.07) is 3.15. The molecule has 2 unspecified atom stereocenters. The third kappa shape index (κ3) is 2.02. The summed E-state index contributed by atoms with van der Waals surface area (Å²) in [6.45, 7) is 4.26. The summed E-state index contributed by atoms with van der Waals surface area (Å²) in [5.41, 5.74) is -0.0769. The van der Waals surface area contributed by atoms with E-state index in [1.807, 2.05) is 0 Å². The van der Waals surface area contributed by atoms with E-state index in [9.17, 15) is 9.90 Å². The second kappa shape index (κ2) is 4.01. The van der Waals surface area contributed by atoms with Gasteiger partial charge in [-0.05, 0) is 30.7 Å². The summed E-state index contributed by atoms with van der Waals surface area (Å²) < 4.78 is 1.52. The highest BCUT2D eigenvalue weighted by Gasteiger charge is 2.37. The molecule has 1 fully saturated rings. The fourth-order valence-corrected chi connectivity index (χ4v) is 2.43. The van der Waals surface area contributed by atoms with Crippen LogP contribution in [0.2, 0.25) is 0 Å². The van der Waals surface area contributed by atoms with Crippen molar-refractivity contribution in [3.05, 3.63) is 28.7 Å². The van der Waals surface area contributed by atoms with Crippen molar-refractivity contribution in [1.82, 2.24) is 9.78 Å². The van der Waals surface area contributed by atoms with Crippen LogP contribution in [0.25, 0.3) is 0 Å². The first kappa shape index (κ1) is 11.3. The van der Waals surface area contributed by atoms with Crippen LogP contribution in [0.15, 0.2) is 23.1 Å². The molecule has 0 amide bonds. The highest BCUT2D eigenvalue weighted by Crippen LogP contribution is 2.42. The van der Waals surface area contributed by atoms with Crippen molar-refractivity contribution in [2.24, 2.45) is 5.41 Å². The molecule has 0 aliphatic heterocycles. The number of aromatic nitrogens is 2. The molecular weight excluding hydrogens is 204 g/mol. The van der Waals surface area contributed by atoms with E-state index in [0.717, 1.165) is 12.8 Å². The lowest BCUT2D eigenvalue weighted by Crippen LogP contribution is -2.41. The van der Waals surface area contributed by atoms with Gasteiger partial charge in [-0.25, -0.2) is 4.68 Å². The maximum absolute atomic E-state index is 11.7. The topological polar surface area (TPSA) is 55.1 Å². The molecule has 1 saturated carbocycles. The van der Waals surface area contributed by atoms with E-state index in [0.29, 0.717) is 6.42 Å². The first-order valence-corrected chi connectivity index (χ1v) is 5.72. The van der Waals surface area contributed by atoms with Gasteiger partial charge in [0.15, 0.2) is 0 Å². The Morgan fingerprint density at radius 1 is 1.56 bits per heavy atom. The third-order valence-electron chi connectivity index (χ3n) is 3.56. The van der Waals surface area contributed by atoms with Crippen LogP contribution in [0.5, 0.6) is 0 Å². The maximum Gasteiger partial charge on any atom is 0.267 e. The molecular formula is C12H18N2O2. The molecule has 2 atom stereocenters. The molecule has 16 heavy (non-hydrogen) atoms. The smallest absolute Gasteiger partial charge is 0.267 e. The van der Waals surface area contributed by atoms with E-state index in [1.54, 1.807) is 12.3 Å². The zero-order valence-electron chi connectivity index (χ0n) is 9.76. The Morgan fingerprint density at radius 3 is 3.00 bits per heavy atom. The Kier molecular flexibility index (Phi) is 2.84. The molecule has 1 heterocycles. The number of hydrogen-bond acceptors (Lipinski definition) is 3. The summed E-state index contributed by atoms with van der Waals surface area (Å²) >= 11 is 0. The number of nitrogens with zero attached hydrogens (tertiary/aromatic N) is 2. The Balaban J connectivity index is 2.38.